The molecule has 0 amide bonds. The van der Waals surface area contributed by atoms with Crippen molar-refractivity contribution >= 4 is 0 Å². The van der Waals surface area contributed by atoms with Gasteiger partial charge in [0.2, 0.25) is 0 Å². The van der Waals surface area contributed by atoms with Crippen molar-refractivity contribution in [3.05, 3.63) is 36.2 Å². The van der Waals surface area contributed by atoms with Crippen molar-refractivity contribution in [1.82, 2.24) is 19.7 Å². The molecule has 0 spiro atoms. The molecular formula is C13H18N4O. The molecule has 18 heavy (non-hydrogen) atoms. The summed E-state index contributed by atoms with van der Waals surface area (Å²) in [5.74, 6) is 0.646. The van der Waals surface area contributed by atoms with Gasteiger partial charge in [0.15, 0.2) is 0 Å². The van der Waals surface area contributed by atoms with Crippen LogP contribution < -0.4 is 0 Å². The molecule has 96 valence electrons. The summed E-state index contributed by atoms with van der Waals surface area (Å²) in [6.45, 7) is 3.90. The van der Waals surface area contributed by atoms with Crippen LogP contribution in [-0.2, 0) is 11.3 Å². The summed E-state index contributed by atoms with van der Waals surface area (Å²) in [4.78, 5) is 4.09. The zero-order chi connectivity index (χ0) is 12.4. The summed E-state index contributed by atoms with van der Waals surface area (Å²) < 4.78 is 8.02. The van der Waals surface area contributed by atoms with E-state index in [1.54, 1.807) is 0 Å². The molecule has 3 rings (SSSR count). The van der Waals surface area contributed by atoms with Gasteiger partial charge in [0, 0.05) is 36.8 Å². The normalized spacial score (nSPS) is 24.3. The lowest BCUT2D eigenvalue weighted by Crippen LogP contribution is -2.23. The van der Waals surface area contributed by atoms with E-state index in [-0.39, 0.29) is 6.10 Å². The number of rotatable bonds is 3. The Morgan fingerprint density at radius 1 is 1.56 bits per heavy atom. The Morgan fingerprint density at radius 2 is 2.50 bits per heavy atom. The minimum absolute atomic E-state index is 0.186. The summed E-state index contributed by atoms with van der Waals surface area (Å²) >= 11 is 0. The van der Waals surface area contributed by atoms with Crippen LogP contribution in [0, 0.1) is 12.8 Å². The van der Waals surface area contributed by atoms with Gasteiger partial charge in [-0.15, -0.1) is 0 Å². The molecule has 5 nitrogen and oxygen atoms in total. The van der Waals surface area contributed by atoms with Crippen molar-refractivity contribution < 1.29 is 4.74 Å². The van der Waals surface area contributed by atoms with Gasteiger partial charge in [-0.1, -0.05) is 0 Å². The van der Waals surface area contributed by atoms with Gasteiger partial charge < -0.3 is 9.30 Å². The average Bonchev–Trinajstić information content (AvgIpc) is 3.01. The van der Waals surface area contributed by atoms with Crippen molar-refractivity contribution in [2.45, 2.75) is 32.4 Å². The van der Waals surface area contributed by atoms with Crippen LogP contribution in [0.5, 0.6) is 0 Å². The monoisotopic (exact) mass is 246 g/mol. The van der Waals surface area contributed by atoms with Crippen LogP contribution in [-0.4, -0.2) is 26.4 Å². The molecule has 0 radical (unpaired) electrons. The summed E-state index contributed by atoms with van der Waals surface area (Å²) in [5.41, 5.74) is 2.31. The van der Waals surface area contributed by atoms with Crippen molar-refractivity contribution in [2.75, 3.05) is 6.61 Å². The molecule has 0 aliphatic carbocycles. The van der Waals surface area contributed by atoms with E-state index in [1.165, 1.54) is 5.56 Å². The van der Waals surface area contributed by atoms with Crippen LogP contribution >= 0.6 is 0 Å². The van der Waals surface area contributed by atoms with Crippen LogP contribution in [0.2, 0.25) is 0 Å². The fourth-order valence-electron chi connectivity index (χ4n) is 2.63. The van der Waals surface area contributed by atoms with Crippen LogP contribution in [0.25, 0.3) is 0 Å². The number of ether oxygens (including phenoxy) is 1. The maximum atomic E-state index is 5.87. The lowest BCUT2D eigenvalue weighted by atomic mass is 9.92. The molecule has 1 saturated heterocycles. The Hall–Kier alpha value is -1.62. The van der Waals surface area contributed by atoms with Crippen molar-refractivity contribution in [3.63, 3.8) is 0 Å². The molecule has 1 aliphatic rings. The zero-order valence-corrected chi connectivity index (χ0v) is 10.5. The summed E-state index contributed by atoms with van der Waals surface area (Å²) in [7, 11) is 0. The Bertz CT molecular complexity index is 491. The second-order valence-corrected chi connectivity index (χ2v) is 4.96. The predicted molar refractivity (Wildman–Crippen MR) is 67.0 cm³/mol. The lowest BCUT2D eigenvalue weighted by molar-refractivity contribution is -0.0141. The average molecular weight is 246 g/mol. The lowest BCUT2D eigenvalue weighted by Gasteiger charge is -2.29. The van der Waals surface area contributed by atoms with Gasteiger partial charge in [0.05, 0.1) is 18.6 Å². The summed E-state index contributed by atoms with van der Waals surface area (Å²) in [5, 5.41) is 7.06. The minimum Gasteiger partial charge on any atom is -0.373 e. The van der Waals surface area contributed by atoms with Gasteiger partial charge in [-0.2, -0.15) is 5.10 Å². The molecule has 0 saturated carbocycles. The number of aromatic nitrogens is 4. The first-order valence-electron chi connectivity index (χ1n) is 6.40. The molecule has 2 unspecified atom stereocenters. The number of aromatic amines is 1. The number of imidazole rings is 1. The van der Waals surface area contributed by atoms with Gasteiger partial charge in [0.1, 0.15) is 0 Å². The van der Waals surface area contributed by atoms with E-state index in [0.717, 1.165) is 31.7 Å². The molecule has 1 N–H and O–H groups in total. The standard InChI is InChI=1S/C13H18N4O/c1-10-12(7-15-16-10)13-6-11(2-5-18-13)8-17-4-3-14-9-17/h3-4,7,9,11,13H,2,5-6,8H2,1H3,(H,15,16). The number of hydrogen-bond donors (Lipinski definition) is 1. The van der Waals surface area contributed by atoms with Crippen LogP contribution in [0.3, 0.4) is 0 Å². The minimum atomic E-state index is 0.186. The number of aryl methyl sites for hydroxylation is 1. The maximum Gasteiger partial charge on any atom is 0.0945 e. The van der Waals surface area contributed by atoms with Crippen molar-refractivity contribution in [2.24, 2.45) is 5.92 Å². The highest BCUT2D eigenvalue weighted by atomic mass is 16.5. The van der Waals surface area contributed by atoms with E-state index >= 15 is 0 Å². The fourth-order valence-corrected chi connectivity index (χ4v) is 2.63. The van der Waals surface area contributed by atoms with E-state index in [1.807, 2.05) is 31.8 Å². The fraction of sp³-hybridized carbons (Fsp3) is 0.538. The highest BCUT2D eigenvalue weighted by Crippen LogP contribution is 2.33. The molecule has 2 atom stereocenters. The first-order valence-corrected chi connectivity index (χ1v) is 6.40. The van der Waals surface area contributed by atoms with E-state index < -0.39 is 0 Å². The maximum absolute atomic E-state index is 5.87. The number of H-pyrrole nitrogens is 1. The molecule has 1 fully saturated rings. The van der Waals surface area contributed by atoms with E-state index in [2.05, 4.69) is 19.7 Å². The third-order valence-electron chi connectivity index (χ3n) is 3.64. The van der Waals surface area contributed by atoms with Crippen molar-refractivity contribution in [1.29, 1.82) is 0 Å². The highest BCUT2D eigenvalue weighted by molar-refractivity contribution is 5.18. The molecule has 2 aromatic rings. The molecule has 5 heteroatoms. The Balaban J connectivity index is 1.67. The molecule has 0 bridgehead atoms. The van der Waals surface area contributed by atoms with E-state index in [9.17, 15) is 0 Å². The van der Waals surface area contributed by atoms with E-state index in [0.29, 0.717) is 5.92 Å². The Morgan fingerprint density at radius 3 is 3.22 bits per heavy atom. The molecule has 3 heterocycles. The van der Waals surface area contributed by atoms with Crippen molar-refractivity contribution in [3.8, 4) is 0 Å². The molecular weight excluding hydrogens is 228 g/mol. The third-order valence-corrected chi connectivity index (χ3v) is 3.64. The van der Waals surface area contributed by atoms with Gasteiger partial charge in [-0.3, -0.25) is 5.10 Å². The van der Waals surface area contributed by atoms with Crippen LogP contribution in [0.1, 0.15) is 30.2 Å². The summed E-state index contributed by atoms with van der Waals surface area (Å²) in [6.07, 6.45) is 9.98. The first-order chi connectivity index (χ1) is 8.83. The first kappa shape index (κ1) is 11.5. The van der Waals surface area contributed by atoms with Crippen LogP contribution in [0.15, 0.2) is 24.9 Å². The molecule has 0 aromatic carbocycles. The van der Waals surface area contributed by atoms with E-state index in [4.69, 9.17) is 4.74 Å². The van der Waals surface area contributed by atoms with Gasteiger partial charge in [-0.05, 0) is 25.7 Å². The number of nitrogens with one attached hydrogen (secondary N) is 1. The zero-order valence-electron chi connectivity index (χ0n) is 10.5. The second kappa shape index (κ2) is 4.94. The second-order valence-electron chi connectivity index (χ2n) is 4.96. The van der Waals surface area contributed by atoms with Gasteiger partial charge >= 0.3 is 0 Å². The Labute approximate surface area is 106 Å². The third kappa shape index (κ3) is 2.31. The predicted octanol–water partition coefficient (Wildman–Crippen LogP) is 2.08. The van der Waals surface area contributed by atoms with Gasteiger partial charge in [0.25, 0.3) is 0 Å². The van der Waals surface area contributed by atoms with Crippen LogP contribution in [0.4, 0.5) is 0 Å². The quantitative estimate of drug-likeness (QED) is 0.902. The number of hydrogen-bond acceptors (Lipinski definition) is 3. The largest absolute Gasteiger partial charge is 0.373 e. The van der Waals surface area contributed by atoms with Gasteiger partial charge in [-0.25, -0.2) is 4.98 Å². The Kier molecular flexibility index (Phi) is 3.15. The molecule has 2 aromatic heterocycles. The SMILES string of the molecule is Cc1[nH]ncc1C1CC(Cn2ccnc2)CCO1. The highest BCUT2D eigenvalue weighted by Gasteiger charge is 2.25. The topological polar surface area (TPSA) is 55.7 Å². The molecule has 1 aliphatic heterocycles. The summed E-state index contributed by atoms with van der Waals surface area (Å²) in [6, 6.07) is 0. The smallest absolute Gasteiger partial charge is 0.0945 e. The number of nitrogens with zero attached hydrogens (tertiary/aromatic N) is 3.